The quantitative estimate of drug-likeness (QED) is 0.501. The van der Waals surface area contributed by atoms with Crippen LogP contribution in [0.1, 0.15) is 28.6 Å². The van der Waals surface area contributed by atoms with E-state index in [1.54, 1.807) is 13.8 Å². The van der Waals surface area contributed by atoms with Gasteiger partial charge in [0.25, 0.3) is 0 Å². The summed E-state index contributed by atoms with van der Waals surface area (Å²) in [5, 5.41) is 8.44. The summed E-state index contributed by atoms with van der Waals surface area (Å²) in [6.45, 7) is 5.30. The monoisotopic (exact) mass is 156 g/mol. The second-order valence-electron chi connectivity index (χ2n) is 2.54. The second-order valence-corrected chi connectivity index (χ2v) is 2.54. The molecule has 0 saturated carbocycles. The first-order valence-electron chi connectivity index (χ1n) is 2.74. The van der Waals surface area contributed by atoms with Gasteiger partial charge in [0.05, 0.1) is 5.41 Å². The molecule has 0 radical (unpaired) electrons. The Balaban J connectivity index is -0.000000245. The van der Waals surface area contributed by atoms with E-state index in [1.807, 2.05) is 6.92 Å². The van der Waals surface area contributed by atoms with Gasteiger partial charge >= 0.3 is 57.4 Å². The van der Waals surface area contributed by atoms with Crippen molar-refractivity contribution in [1.29, 1.82) is 0 Å². The molecule has 9 heavy (non-hydrogen) atoms. The summed E-state index contributed by atoms with van der Waals surface area (Å²) in [7, 11) is 0. The summed E-state index contributed by atoms with van der Waals surface area (Å²) in [6.07, 6.45) is 0.683. The third kappa shape index (κ3) is 4.50. The van der Waals surface area contributed by atoms with Gasteiger partial charge in [0, 0.05) is 0 Å². The summed E-state index contributed by atoms with van der Waals surface area (Å²) in [5.41, 5.74) is -0.542. The zero-order valence-electron chi connectivity index (χ0n) is 7.56. The van der Waals surface area contributed by atoms with Crippen LogP contribution in [0.15, 0.2) is 0 Å². The number of carbonyl (C=O) groups is 1. The Morgan fingerprint density at radius 3 is 2.00 bits per heavy atom. The minimum atomic E-state index is -0.722. The van der Waals surface area contributed by atoms with Crippen LogP contribution in [0.3, 0.4) is 0 Å². The van der Waals surface area contributed by atoms with E-state index in [1.165, 1.54) is 0 Å². The largest absolute Gasteiger partial charge is 1.00 e. The molecule has 0 amide bonds. The Kier molecular flexibility index (Phi) is 6.87. The molecule has 0 aromatic carbocycles. The number of aliphatic carboxylic acids is 1. The van der Waals surface area contributed by atoms with E-state index in [0.29, 0.717) is 6.42 Å². The Morgan fingerprint density at radius 2 is 2.00 bits per heavy atom. The molecule has 1 N–H and O–H groups in total. The standard InChI is InChI=1S/C6H12O2.K.H/c1-4-6(2,3)5(7)8;;/h4H2,1-3H3,(H,7,8);;/q;+1;-1. The van der Waals surface area contributed by atoms with Gasteiger partial charge < -0.3 is 6.53 Å². The first-order valence-corrected chi connectivity index (χ1v) is 2.74. The van der Waals surface area contributed by atoms with E-state index in [4.69, 9.17) is 5.11 Å². The van der Waals surface area contributed by atoms with Crippen molar-refractivity contribution in [1.82, 2.24) is 0 Å². The van der Waals surface area contributed by atoms with Crippen molar-refractivity contribution in [2.75, 3.05) is 0 Å². The van der Waals surface area contributed by atoms with Crippen molar-refractivity contribution in [3.8, 4) is 0 Å². The first-order chi connectivity index (χ1) is 3.50. The average Bonchev–Trinajstić information content (AvgIpc) is 1.67. The van der Waals surface area contributed by atoms with Crippen LogP contribution in [0.2, 0.25) is 0 Å². The molecule has 0 saturated heterocycles. The minimum Gasteiger partial charge on any atom is -1.00 e. The molecule has 0 rings (SSSR count). The number of carboxylic acids is 1. The third-order valence-electron chi connectivity index (χ3n) is 1.46. The van der Waals surface area contributed by atoms with Gasteiger partial charge in [-0.3, -0.25) is 4.79 Å². The van der Waals surface area contributed by atoms with Crippen molar-refractivity contribution in [2.24, 2.45) is 5.41 Å². The molecule has 0 atom stereocenters. The molecule has 50 valence electrons. The number of carboxylic acid groups (broad SMARTS) is 1. The molecule has 0 aliphatic rings. The minimum absolute atomic E-state index is 0. The van der Waals surface area contributed by atoms with E-state index < -0.39 is 11.4 Å². The molecule has 0 heterocycles. The van der Waals surface area contributed by atoms with Crippen LogP contribution in [0.5, 0.6) is 0 Å². The Morgan fingerprint density at radius 1 is 1.67 bits per heavy atom. The zero-order valence-corrected chi connectivity index (χ0v) is 9.69. The van der Waals surface area contributed by atoms with Crippen LogP contribution in [0, 0.1) is 5.41 Å². The molecule has 0 unspecified atom stereocenters. The smallest absolute Gasteiger partial charge is 1.00 e. The normalized spacial score (nSPS) is 10.1. The fraction of sp³-hybridized carbons (Fsp3) is 0.833. The van der Waals surface area contributed by atoms with Crippen LogP contribution >= 0.6 is 0 Å². The van der Waals surface area contributed by atoms with Crippen molar-refractivity contribution >= 4 is 5.97 Å². The summed E-state index contributed by atoms with van der Waals surface area (Å²) in [6, 6.07) is 0. The Labute approximate surface area is 99.9 Å². The number of hydrogen-bond donors (Lipinski definition) is 1. The molecule has 3 heteroatoms. The first kappa shape index (κ1) is 12.8. The van der Waals surface area contributed by atoms with E-state index >= 15 is 0 Å². The van der Waals surface area contributed by atoms with Gasteiger partial charge in [-0.15, -0.1) is 0 Å². The Hall–Kier alpha value is 1.11. The number of rotatable bonds is 2. The summed E-state index contributed by atoms with van der Waals surface area (Å²) >= 11 is 0. The van der Waals surface area contributed by atoms with E-state index in [2.05, 4.69) is 0 Å². The summed E-state index contributed by atoms with van der Waals surface area (Å²) < 4.78 is 0. The van der Waals surface area contributed by atoms with Crippen molar-refractivity contribution in [3.63, 3.8) is 0 Å². The molecule has 0 bridgehead atoms. The fourth-order valence-corrected chi connectivity index (χ4v) is 0.151. The van der Waals surface area contributed by atoms with Gasteiger partial charge in [0.15, 0.2) is 0 Å². The van der Waals surface area contributed by atoms with E-state index in [0.717, 1.165) is 0 Å². The van der Waals surface area contributed by atoms with Crippen LogP contribution < -0.4 is 51.4 Å². The second kappa shape index (κ2) is 4.85. The molecular formula is C6H13KO2. The zero-order chi connectivity index (χ0) is 6.78. The van der Waals surface area contributed by atoms with Gasteiger partial charge in [0.1, 0.15) is 0 Å². The molecule has 0 aliphatic heterocycles. The summed E-state index contributed by atoms with van der Waals surface area (Å²) in [5.74, 6) is -0.722. The number of hydrogen-bond acceptors (Lipinski definition) is 1. The Bertz CT molecular complexity index is 104. The molecule has 0 spiro atoms. The fourth-order valence-electron chi connectivity index (χ4n) is 0.151. The van der Waals surface area contributed by atoms with Gasteiger partial charge in [0.2, 0.25) is 0 Å². The predicted octanol–water partition coefficient (Wildman–Crippen LogP) is -1.38. The van der Waals surface area contributed by atoms with Gasteiger partial charge in [-0.2, -0.15) is 0 Å². The van der Waals surface area contributed by atoms with Crippen LogP contribution in [-0.4, -0.2) is 11.1 Å². The van der Waals surface area contributed by atoms with E-state index in [9.17, 15) is 4.79 Å². The van der Waals surface area contributed by atoms with Crippen molar-refractivity contribution in [3.05, 3.63) is 0 Å². The third-order valence-corrected chi connectivity index (χ3v) is 1.46. The maximum absolute atomic E-state index is 10.3. The maximum atomic E-state index is 10.3. The van der Waals surface area contributed by atoms with Crippen LogP contribution in [0.25, 0.3) is 0 Å². The van der Waals surface area contributed by atoms with Gasteiger partial charge in [-0.25, -0.2) is 0 Å². The van der Waals surface area contributed by atoms with Crippen molar-refractivity contribution < 1.29 is 62.7 Å². The molecule has 2 nitrogen and oxygen atoms in total. The maximum Gasteiger partial charge on any atom is 1.00 e. The SMILES string of the molecule is CCC(C)(C)C(=O)O.[H-].[K+]. The van der Waals surface area contributed by atoms with Crippen molar-refractivity contribution in [2.45, 2.75) is 27.2 Å². The molecule has 0 aromatic heterocycles. The van der Waals surface area contributed by atoms with Crippen LogP contribution in [0.4, 0.5) is 0 Å². The van der Waals surface area contributed by atoms with Gasteiger partial charge in [-0.05, 0) is 20.3 Å². The molecular weight excluding hydrogens is 143 g/mol. The molecule has 0 fully saturated rings. The van der Waals surface area contributed by atoms with Crippen LogP contribution in [-0.2, 0) is 4.79 Å². The predicted molar refractivity (Wildman–Crippen MR) is 32.8 cm³/mol. The molecule has 0 aliphatic carbocycles. The average molecular weight is 156 g/mol. The molecule has 0 aromatic rings. The summed E-state index contributed by atoms with van der Waals surface area (Å²) in [4.78, 5) is 10.3. The van der Waals surface area contributed by atoms with Gasteiger partial charge in [-0.1, -0.05) is 6.92 Å². The van der Waals surface area contributed by atoms with E-state index in [-0.39, 0.29) is 52.8 Å². The topological polar surface area (TPSA) is 37.3 Å².